The van der Waals surface area contributed by atoms with Crippen molar-refractivity contribution in [3.05, 3.63) is 34.3 Å². The maximum absolute atomic E-state index is 11.7. The van der Waals surface area contributed by atoms with Crippen LogP contribution in [0, 0.1) is 12.3 Å². The lowest BCUT2D eigenvalue weighted by molar-refractivity contribution is -0.143. The summed E-state index contributed by atoms with van der Waals surface area (Å²) in [4.78, 5) is 11.7. The minimum absolute atomic E-state index is 0.439. The zero-order valence-electron chi connectivity index (χ0n) is 12.6. The smallest absolute Gasteiger partial charge is 0.313 e. The van der Waals surface area contributed by atoms with Crippen LogP contribution in [0.15, 0.2) is 28.7 Å². The topological polar surface area (TPSA) is 46.5 Å². The van der Waals surface area contributed by atoms with Gasteiger partial charge in [0.2, 0.25) is 0 Å². The van der Waals surface area contributed by atoms with E-state index < -0.39 is 17.0 Å². The van der Waals surface area contributed by atoms with Gasteiger partial charge in [0.05, 0.1) is 5.41 Å². The monoisotopic (exact) mass is 352 g/mol. The maximum atomic E-state index is 11.7. The van der Waals surface area contributed by atoms with E-state index in [-0.39, 0.29) is 0 Å². The molecule has 0 aliphatic carbocycles. The van der Waals surface area contributed by atoms with Crippen molar-refractivity contribution in [2.45, 2.75) is 44.6 Å². The van der Waals surface area contributed by atoms with Gasteiger partial charge in [0.25, 0.3) is 0 Å². The molecule has 0 spiro atoms. The number of rotatable bonds is 7. The van der Waals surface area contributed by atoms with Crippen LogP contribution in [0.3, 0.4) is 0 Å². The molecule has 0 saturated heterocycles. The maximum Gasteiger partial charge on any atom is 0.313 e. The Morgan fingerprint density at radius 2 is 2.10 bits per heavy atom. The number of aliphatic carboxylic acids is 1. The van der Waals surface area contributed by atoms with Crippen LogP contribution in [0.2, 0.25) is 0 Å². The lowest BCUT2D eigenvalue weighted by atomic mass is 9.78. The van der Waals surface area contributed by atoms with Crippen molar-refractivity contribution in [2.24, 2.45) is 0 Å². The highest BCUT2D eigenvalue weighted by atomic mass is 79.9. The van der Waals surface area contributed by atoms with E-state index in [1.54, 1.807) is 6.92 Å². The molecule has 114 valence electrons. The van der Waals surface area contributed by atoms with Crippen LogP contribution in [0.5, 0.6) is 0 Å². The van der Waals surface area contributed by atoms with E-state index >= 15 is 0 Å². The van der Waals surface area contributed by atoms with Gasteiger partial charge in [0.15, 0.2) is 0 Å². The van der Waals surface area contributed by atoms with E-state index in [4.69, 9.17) is 11.2 Å². The zero-order chi connectivity index (χ0) is 16.1. The quantitative estimate of drug-likeness (QED) is 0.595. The van der Waals surface area contributed by atoms with Crippen LogP contribution in [0.25, 0.3) is 0 Å². The summed E-state index contributed by atoms with van der Waals surface area (Å²) >= 11 is 3.38. The number of hydrogen-bond donors (Lipinski definition) is 1. The van der Waals surface area contributed by atoms with E-state index in [1.165, 1.54) is 0 Å². The Morgan fingerprint density at radius 3 is 2.62 bits per heavy atom. The predicted octanol–water partition coefficient (Wildman–Crippen LogP) is 4.00. The third-order valence-electron chi connectivity index (χ3n) is 3.57. The molecule has 1 aromatic rings. The van der Waals surface area contributed by atoms with Crippen molar-refractivity contribution in [3.8, 4) is 12.3 Å². The highest BCUT2D eigenvalue weighted by Crippen LogP contribution is 2.31. The van der Waals surface area contributed by atoms with Gasteiger partial charge < -0.3 is 9.84 Å². The molecule has 1 atom stereocenters. The molecule has 0 aliphatic rings. The van der Waals surface area contributed by atoms with Crippen LogP contribution >= 0.6 is 15.9 Å². The zero-order valence-corrected chi connectivity index (χ0v) is 14.2. The number of terminal acetylenes is 1. The Labute approximate surface area is 134 Å². The van der Waals surface area contributed by atoms with Gasteiger partial charge >= 0.3 is 5.97 Å². The molecule has 4 heteroatoms. The summed E-state index contributed by atoms with van der Waals surface area (Å²) in [6.45, 7) is 5.81. The molecule has 1 rings (SSSR count). The average molecular weight is 353 g/mol. The highest BCUT2D eigenvalue weighted by molar-refractivity contribution is 9.10. The second kappa shape index (κ2) is 7.11. The van der Waals surface area contributed by atoms with Gasteiger partial charge in [-0.15, -0.1) is 6.42 Å². The Morgan fingerprint density at radius 1 is 1.43 bits per heavy atom. The summed E-state index contributed by atoms with van der Waals surface area (Å²) in [6.07, 6.45) is 6.47. The van der Waals surface area contributed by atoms with Crippen molar-refractivity contribution >= 4 is 21.9 Å². The third kappa shape index (κ3) is 4.87. The van der Waals surface area contributed by atoms with Gasteiger partial charge in [0, 0.05) is 11.1 Å². The summed E-state index contributed by atoms with van der Waals surface area (Å²) < 4.78 is 6.45. The Balaban J connectivity index is 2.75. The minimum atomic E-state index is -0.937. The first kappa shape index (κ1) is 17.7. The number of halogens is 1. The van der Waals surface area contributed by atoms with Crippen molar-refractivity contribution in [1.29, 1.82) is 0 Å². The molecule has 0 aromatic heterocycles. The molecule has 0 radical (unpaired) electrons. The fourth-order valence-electron chi connectivity index (χ4n) is 2.00. The SMILES string of the molecule is C#CC(C)(C)OCCCC(C)(C(=O)O)c1cccc(Br)c1. The molecular weight excluding hydrogens is 332 g/mol. The lowest BCUT2D eigenvalue weighted by Crippen LogP contribution is -2.33. The fourth-order valence-corrected chi connectivity index (χ4v) is 2.40. The fraction of sp³-hybridized carbons (Fsp3) is 0.471. The van der Waals surface area contributed by atoms with E-state index in [2.05, 4.69) is 21.9 Å². The standard InChI is InChI=1S/C17H21BrO3/c1-5-16(2,3)21-11-7-10-17(4,15(19)20)13-8-6-9-14(18)12-13/h1,6,8-9,12H,7,10-11H2,2-4H3,(H,19,20). The minimum Gasteiger partial charge on any atom is -0.481 e. The molecular formula is C17H21BrO3. The molecule has 0 aliphatic heterocycles. The summed E-state index contributed by atoms with van der Waals surface area (Å²) in [5.41, 5.74) is -0.774. The summed E-state index contributed by atoms with van der Waals surface area (Å²) in [7, 11) is 0. The van der Waals surface area contributed by atoms with Crippen LogP contribution in [-0.2, 0) is 14.9 Å². The molecule has 1 aromatic carbocycles. The molecule has 1 N–H and O–H groups in total. The largest absolute Gasteiger partial charge is 0.481 e. The molecule has 0 bridgehead atoms. The second-order valence-electron chi connectivity index (χ2n) is 5.75. The van der Waals surface area contributed by atoms with Crippen LogP contribution in [0.4, 0.5) is 0 Å². The Kier molecular flexibility index (Phi) is 6.00. The summed E-state index contributed by atoms with van der Waals surface area (Å²) in [5, 5.41) is 9.59. The number of carboxylic acid groups (broad SMARTS) is 1. The Hall–Kier alpha value is -1.31. The first-order valence-electron chi connectivity index (χ1n) is 6.82. The third-order valence-corrected chi connectivity index (χ3v) is 4.06. The number of carboxylic acids is 1. The van der Waals surface area contributed by atoms with Gasteiger partial charge in [-0.05, 0) is 51.3 Å². The normalized spacial score (nSPS) is 14.2. The van der Waals surface area contributed by atoms with Gasteiger partial charge in [-0.25, -0.2) is 0 Å². The van der Waals surface area contributed by atoms with E-state index in [0.29, 0.717) is 19.4 Å². The van der Waals surface area contributed by atoms with Gasteiger partial charge in [-0.1, -0.05) is 34.0 Å². The molecule has 0 fully saturated rings. The van der Waals surface area contributed by atoms with Crippen LogP contribution in [0.1, 0.15) is 39.2 Å². The second-order valence-corrected chi connectivity index (χ2v) is 6.67. The number of ether oxygens (including phenoxy) is 1. The van der Waals surface area contributed by atoms with Gasteiger partial charge in [-0.3, -0.25) is 4.79 Å². The highest BCUT2D eigenvalue weighted by Gasteiger charge is 2.34. The molecule has 0 heterocycles. The number of carbonyl (C=O) groups is 1. The Bertz CT molecular complexity index is 545. The van der Waals surface area contributed by atoms with E-state index in [1.807, 2.05) is 38.1 Å². The van der Waals surface area contributed by atoms with Crippen molar-refractivity contribution < 1.29 is 14.6 Å². The van der Waals surface area contributed by atoms with E-state index in [9.17, 15) is 9.90 Å². The van der Waals surface area contributed by atoms with Crippen molar-refractivity contribution in [2.75, 3.05) is 6.61 Å². The average Bonchev–Trinajstić information content (AvgIpc) is 2.43. The first-order chi connectivity index (χ1) is 9.71. The summed E-state index contributed by atoms with van der Waals surface area (Å²) in [5.74, 6) is 1.72. The lowest BCUT2D eigenvalue weighted by Gasteiger charge is -2.26. The predicted molar refractivity (Wildman–Crippen MR) is 87.2 cm³/mol. The van der Waals surface area contributed by atoms with Crippen molar-refractivity contribution in [3.63, 3.8) is 0 Å². The van der Waals surface area contributed by atoms with Crippen LogP contribution in [-0.4, -0.2) is 23.3 Å². The molecule has 1 unspecified atom stereocenters. The summed E-state index contributed by atoms with van der Waals surface area (Å²) in [6, 6.07) is 7.41. The molecule has 0 saturated carbocycles. The number of benzene rings is 1. The van der Waals surface area contributed by atoms with E-state index in [0.717, 1.165) is 10.0 Å². The molecule has 0 amide bonds. The number of hydrogen-bond acceptors (Lipinski definition) is 2. The van der Waals surface area contributed by atoms with Gasteiger partial charge in [0.1, 0.15) is 5.60 Å². The van der Waals surface area contributed by atoms with Crippen LogP contribution < -0.4 is 0 Å². The molecule has 21 heavy (non-hydrogen) atoms. The first-order valence-corrected chi connectivity index (χ1v) is 7.62. The molecule has 3 nitrogen and oxygen atoms in total. The van der Waals surface area contributed by atoms with Gasteiger partial charge in [-0.2, -0.15) is 0 Å². The van der Waals surface area contributed by atoms with Crippen molar-refractivity contribution in [1.82, 2.24) is 0 Å².